The molecular formula is C16H32O2Si. The summed E-state index contributed by atoms with van der Waals surface area (Å²) in [5.74, 6) is 1.10. The summed E-state index contributed by atoms with van der Waals surface area (Å²) in [6, 6.07) is 0. The monoisotopic (exact) mass is 284 g/mol. The van der Waals surface area contributed by atoms with Gasteiger partial charge in [-0.05, 0) is 42.5 Å². The Labute approximate surface area is 120 Å². The normalized spacial score (nSPS) is 24.5. The highest BCUT2D eigenvalue weighted by Gasteiger charge is 2.49. The van der Waals surface area contributed by atoms with Crippen molar-refractivity contribution in [1.29, 1.82) is 0 Å². The summed E-state index contributed by atoms with van der Waals surface area (Å²) in [5, 5.41) is 0. The lowest BCUT2D eigenvalue weighted by Gasteiger charge is -2.44. The summed E-state index contributed by atoms with van der Waals surface area (Å²) < 4.78 is 12.5. The van der Waals surface area contributed by atoms with E-state index in [0.717, 1.165) is 18.6 Å². The molecule has 0 aromatic carbocycles. The topological polar surface area (TPSA) is 18.5 Å². The number of hydrogen-bond donors (Lipinski definition) is 0. The van der Waals surface area contributed by atoms with Gasteiger partial charge in [-0.25, -0.2) is 0 Å². The molecule has 3 heteroatoms. The Morgan fingerprint density at radius 2 is 1.53 bits per heavy atom. The zero-order valence-electron chi connectivity index (χ0n) is 14.0. The number of rotatable bonds is 6. The van der Waals surface area contributed by atoms with Crippen LogP contribution in [-0.4, -0.2) is 21.0 Å². The van der Waals surface area contributed by atoms with E-state index in [1.165, 1.54) is 0 Å². The summed E-state index contributed by atoms with van der Waals surface area (Å²) in [7, 11) is -0.0485. The first-order chi connectivity index (χ1) is 8.70. The van der Waals surface area contributed by atoms with Crippen molar-refractivity contribution < 1.29 is 9.16 Å². The maximum absolute atomic E-state index is 6.76. The smallest absolute Gasteiger partial charge is 0.258 e. The molecule has 0 N–H and O–H groups in total. The van der Waals surface area contributed by atoms with Gasteiger partial charge in [0.1, 0.15) is 11.4 Å². The van der Waals surface area contributed by atoms with Crippen LogP contribution < -0.4 is 0 Å². The van der Waals surface area contributed by atoms with Crippen LogP contribution in [0.1, 0.15) is 61.3 Å². The standard InChI is InChI=1S/C16H32O2Si/c1-12(2)19(13(3)4,14(5)6)18-15-10-9-11-16(15,7)17-8/h10,12-14H,9,11H2,1-8H3. The predicted molar refractivity (Wildman–Crippen MR) is 84.9 cm³/mol. The van der Waals surface area contributed by atoms with Gasteiger partial charge in [-0.15, -0.1) is 0 Å². The Bertz CT molecular complexity index is 312. The minimum atomic E-state index is -1.85. The third-order valence-corrected chi connectivity index (χ3v) is 10.9. The molecule has 0 heterocycles. The molecule has 0 amide bonds. The highest BCUT2D eigenvalue weighted by molar-refractivity contribution is 6.77. The minimum Gasteiger partial charge on any atom is -0.544 e. The van der Waals surface area contributed by atoms with E-state index >= 15 is 0 Å². The van der Waals surface area contributed by atoms with E-state index in [1.54, 1.807) is 7.11 Å². The Balaban J connectivity index is 3.09. The molecule has 0 fully saturated rings. The van der Waals surface area contributed by atoms with Gasteiger partial charge in [-0.3, -0.25) is 0 Å². The number of methoxy groups -OCH3 is 1. The second kappa shape index (κ2) is 6.00. The van der Waals surface area contributed by atoms with Crippen molar-refractivity contribution in [2.75, 3.05) is 7.11 Å². The molecule has 0 bridgehead atoms. The van der Waals surface area contributed by atoms with Gasteiger partial charge in [0.05, 0.1) is 0 Å². The molecule has 0 spiro atoms. The maximum atomic E-state index is 6.76. The quantitative estimate of drug-likeness (QED) is 0.619. The largest absolute Gasteiger partial charge is 0.544 e. The van der Waals surface area contributed by atoms with E-state index in [9.17, 15) is 0 Å². The van der Waals surface area contributed by atoms with Gasteiger partial charge in [0.15, 0.2) is 0 Å². The van der Waals surface area contributed by atoms with Crippen molar-refractivity contribution in [3.8, 4) is 0 Å². The first-order valence-corrected chi connectivity index (χ1v) is 9.79. The van der Waals surface area contributed by atoms with Crippen molar-refractivity contribution in [1.82, 2.24) is 0 Å². The van der Waals surface area contributed by atoms with Gasteiger partial charge >= 0.3 is 0 Å². The molecule has 0 aromatic rings. The van der Waals surface area contributed by atoms with Crippen LogP contribution >= 0.6 is 0 Å². The maximum Gasteiger partial charge on any atom is 0.258 e. The van der Waals surface area contributed by atoms with E-state index in [4.69, 9.17) is 9.16 Å². The highest BCUT2D eigenvalue weighted by atomic mass is 28.4. The molecule has 0 radical (unpaired) electrons. The average molecular weight is 285 g/mol. The molecule has 0 aliphatic heterocycles. The third-order valence-electron chi connectivity index (χ3n) is 4.92. The Hall–Kier alpha value is -0.283. The lowest BCUT2D eigenvalue weighted by atomic mass is 10.1. The van der Waals surface area contributed by atoms with E-state index < -0.39 is 8.32 Å². The van der Waals surface area contributed by atoms with Crippen LogP contribution in [0, 0.1) is 0 Å². The minimum absolute atomic E-state index is 0.211. The fourth-order valence-electron chi connectivity index (χ4n) is 3.71. The molecule has 19 heavy (non-hydrogen) atoms. The van der Waals surface area contributed by atoms with Crippen molar-refractivity contribution in [2.45, 2.75) is 83.5 Å². The zero-order chi connectivity index (χ0) is 14.8. The van der Waals surface area contributed by atoms with Gasteiger partial charge in [0.2, 0.25) is 0 Å². The average Bonchev–Trinajstić information content (AvgIpc) is 2.66. The predicted octanol–water partition coefficient (Wildman–Crippen LogP) is 5.26. The molecule has 1 aliphatic rings. The molecule has 1 atom stereocenters. The first kappa shape index (κ1) is 16.8. The second-order valence-corrected chi connectivity index (χ2v) is 12.3. The first-order valence-electron chi connectivity index (χ1n) is 7.65. The lowest BCUT2D eigenvalue weighted by molar-refractivity contribution is 0.00985. The van der Waals surface area contributed by atoms with Gasteiger partial charge in [-0.1, -0.05) is 41.5 Å². The fraction of sp³-hybridized carbons (Fsp3) is 0.875. The van der Waals surface area contributed by atoms with Crippen LogP contribution in [0.5, 0.6) is 0 Å². The molecule has 0 saturated carbocycles. The molecular weight excluding hydrogens is 252 g/mol. The fourth-order valence-corrected chi connectivity index (χ4v) is 9.10. The van der Waals surface area contributed by atoms with E-state index in [0.29, 0.717) is 16.6 Å². The van der Waals surface area contributed by atoms with Crippen LogP contribution in [0.2, 0.25) is 16.6 Å². The van der Waals surface area contributed by atoms with Gasteiger partial charge in [-0.2, -0.15) is 0 Å². The molecule has 1 aliphatic carbocycles. The summed E-state index contributed by atoms with van der Waals surface area (Å²) in [6.07, 6.45) is 4.36. The van der Waals surface area contributed by atoms with Crippen molar-refractivity contribution in [2.24, 2.45) is 0 Å². The van der Waals surface area contributed by atoms with Crippen molar-refractivity contribution >= 4 is 8.32 Å². The van der Waals surface area contributed by atoms with Crippen LogP contribution in [0.15, 0.2) is 11.8 Å². The van der Waals surface area contributed by atoms with Crippen LogP contribution in [0.25, 0.3) is 0 Å². The van der Waals surface area contributed by atoms with Gasteiger partial charge < -0.3 is 9.16 Å². The van der Waals surface area contributed by atoms with Crippen molar-refractivity contribution in [3.63, 3.8) is 0 Å². The lowest BCUT2D eigenvalue weighted by Crippen LogP contribution is -2.49. The SMILES string of the molecule is COC1(C)CCC=C1O[Si](C(C)C)(C(C)C)C(C)C. The molecule has 112 valence electrons. The zero-order valence-corrected chi connectivity index (χ0v) is 15.0. The Morgan fingerprint density at radius 1 is 1.05 bits per heavy atom. The van der Waals surface area contributed by atoms with Crippen LogP contribution in [-0.2, 0) is 9.16 Å². The molecule has 0 saturated heterocycles. The molecule has 0 aromatic heterocycles. The number of ether oxygens (including phenoxy) is 1. The van der Waals surface area contributed by atoms with E-state index in [-0.39, 0.29) is 5.60 Å². The summed E-state index contributed by atoms with van der Waals surface area (Å²) in [6.45, 7) is 16.1. The Morgan fingerprint density at radius 3 is 1.89 bits per heavy atom. The van der Waals surface area contributed by atoms with Gasteiger partial charge in [0.25, 0.3) is 8.32 Å². The summed E-state index contributed by atoms with van der Waals surface area (Å²) in [4.78, 5) is 0. The number of allylic oxidation sites excluding steroid dienone is 1. The molecule has 1 rings (SSSR count). The third kappa shape index (κ3) is 2.92. The number of hydrogen-bond acceptors (Lipinski definition) is 2. The Kier molecular flexibility index (Phi) is 5.30. The highest BCUT2D eigenvalue weighted by Crippen LogP contribution is 2.47. The summed E-state index contributed by atoms with van der Waals surface area (Å²) in [5.41, 5.74) is 1.61. The second-order valence-electron chi connectivity index (χ2n) is 6.96. The molecule has 1 unspecified atom stereocenters. The molecule has 2 nitrogen and oxygen atoms in total. The van der Waals surface area contributed by atoms with E-state index in [2.05, 4.69) is 54.5 Å². The van der Waals surface area contributed by atoms with E-state index in [1.807, 2.05) is 0 Å². The van der Waals surface area contributed by atoms with Crippen molar-refractivity contribution in [3.05, 3.63) is 11.8 Å². The van der Waals surface area contributed by atoms with Crippen LogP contribution in [0.3, 0.4) is 0 Å². The van der Waals surface area contributed by atoms with Gasteiger partial charge in [0, 0.05) is 7.11 Å². The van der Waals surface area contributed by atoms with Crippen LogP contribution in [0.4, 0.5) is 0 Å². The summed E-state index contributed by atoms with van der Waals surface area (Å²) >= 11 is 0.